The maximum absolute atomic E-state index is 11.8. The van der Waals surface area contributed by atoms with Gasteiger partial charge in [0.2, 0.25) is 5.91 Å². The Morgan fingerprint density at radius 2 is 2.08 bits per heavy atom. The first kappa shape index (κ1) is 17.5. The SMILES string of the molecule is O=C(CCc1oc(-n2ccnc2)nc1-c1ccc(Cl)cc1)NCCCl. The molecule has 0 aliphatic carbocycles. The second kappa shape index (κ2) is 8.18. The first-order valence-corrected chi connectivity index (χ1v) is 8.65. The average Bonchev–Trinajstić information content (AvgIpc) is 3.28. The van der Waals surface area contributed by atoms with Crippen LogP contribution < -0.4 is 5.32 Å². The molecule has 3 aromatic rings. The number of halogens is 2. The van der Waals surface area contributed by atoms with Crippen LogP contribution in [0.4, 0.5) is 0 Å². The molecule has 1 aromatic carbocycles. The van der Waals surface area contributed by atoms with Crippen molar-refractivity contribution < 1.29 is 9.21 Å². The van der Waals surface area contributed by atoms with Crippen LogP contribution in [-0.2, 0) is 11.2 Å². The lowest BCUT2D eigenvalue weighted by Crippen LogP contribution is -2.25. The fourth-order valence-electron chi connectivity index (χ4n) is 2.33. The molecule has 6 nitrogen and oxygen atoms in total. The molecule has 1 N–H and O–H groups in total. The summed E-state index contributed by atoms with van der Waals surface area (Å²) in [6.45, 7) is 0.446. The van der Waals surface area contributed by atoms with Gasteiger partial charge >= 0.3 is 6.01 Å². The lowest BCUT2D eigenvalue weighted by atomic mass is 10.1. The average molecular weight is 379 g/mol. The Morgan fingerprint density at radius 1 is 1.28 bits per heavy atom. The molecule has 3 rings (SSSR count). The van der Waals surface area contributed by atoms with Crippen LogP contribution in [0.25, 0.3) is 17.3 Å². The van der Waals surface area contributed by atoms with Crippen LogP contribution in [0.15, 0.2) is 47.4 Å². The summed E-state index contributed by atoms with van der Waals surface area (Å²) in [7, 11) is 0. The molecular formula is C17H16Cl2N4O2. The molecule has 2 heterocycles. The summed E-state index contributed by atoms with van der Waals surface area (Å²) < 4.78 is 7.55. The van der Waals surface area contributed by atoms with Gasteiger partial charge in [-0.25, -0.2) is 4.98 Å². The molecule has 1 amide bonds. The number of carbonyl (C=O) groups excluding carboxylic acids is 1. The predicted octanol–water partition coefficient (Wildman–Crippen LogP) is 3.47. The molecule has 0 atom stereocenters. The number of aryl methyl sites for hydroxylation is 1. The minimum atomic E-state index is -0.0803. The van der Waals surface area contributed by atoms with Crippen LogP contribution >= 0.6 is 23.2 Å². The summed E-state index contributed by atoms with van der Waals surface area (Å²) in [6, 6.07) is 7.72. The lowest BCUT2D eigenvalue weighted by molar-refractivity contribution is -0.121. The van der Waals surface area contributed by atoms with Gasteiger partial charge in [-0.05, 0) is 12.1 Å². The van der Waals surface area contributed by atoms with E-state index < -0.39 is 0 Å². The number of nitrogens with one attached hydrogen (secondary N) is 1. The minimum Gasteiger partial charge on any atom is -0.427 e. The zero-order chi connectivity index (χ0) is 17.6. The van der Waals surface area contributed by atoms with E-state index in [1.807, 2.05) is 12.1 Å². The molecule has 0 fully saturated rings. The van der Waals surface area contributed by atoms with Crippen molar-refractivity contribution in [1.29, 1.82) is 0 Å². The number of hydrogen-bond donors (Lipinski definition) is 1. The molecule has 0 aliphatic heterocycles. The van der Waals surface area contributed by atoms with Gasteiger partial charge in [-0.15, -0.1) is 11.6 Å². The van der Waals surface area contributed by atoms with E-state index in [4.69, 9.17) is 27.6 Å². The highest BCUT2D eigenvalue weighted by Gasteiger charge is 2.17. The number of amides is 1. The summed E-state index contributed by atoms with van der Waals surface area (Å²) >= 11 is 11.5. The van der Waals surface area contributed by atoms with E-state index in [1.165, 1.54) is 0 Å². The molecule has 8 heteroatoms. The van der Waals surface area contributed by atoms with Gasteiger partial charge in [0, 0.05) is 48.2 Å². The molecular weight excluding hydrogens is 363 g/mol. The number of carbonyl (C=O) groups is 1. The summed E-state index contributed by atoms with van der Waals surface area (Å²) in [6.07, 6.45) is 5.71. The summed E-state index contributed by atoms with van der Waals surface area (Å²) in [5.41, 5.74) is 1.56. The van der Waals surface area contributed by atoms with Gasteiger partial charge in [-0.1, -0.05) is 23.7 Å². The van der Waals surface area contributed by atoms with Crippen LogP contribution in [0.5, 0.6) is 0 Å². The van der Waals surface area contributed by atoms with Crippen molar-refractivity contribution in [1.82, 2.24) is 19.9 Å². The van der Waals surface area contributed by atoms with E-state index in [0.717, 1.165) is 5.56 Å². The number of imidazole rings is 1. The van der Waals surface area contributed by atoms with Crippen molar-refractivity contribution in [3.05, 3.63) is 53.8 Å². The van der Waals surface area contributed by atoms with E-state index in [9.17, 15) is 4.79 Å². The highest BCUT2D eigenvalue weighted by Crippen LogP contribution is 2.27. The maximum Gasteiger partial charge on any atom is 0.307 e. The standard InChI is InChI=1S/C17H16Cl2N4O2/c18-7-8-21-15(24)6-5-14-16(12-1-3-13(19)4-2-12)22-17(25-14)23-10-9-20-11-23/h1-4,9-11H,5-8H2,(H,21,24). The molecule has 25 heavy (non-hydrogen) atoms. The third kappa shape index (κ3) is 4.41. The second-order valence-electron chi connectivity index (χ2n) is 5.28. The van der Waals surface area contributed by atoms with Crippen LogP contribution in [-0.4, -0.2) is 32.9 Å². The van der Waals surface area contributed by atoms with Crippen LogP contribution in [0.2, 0.25) is 5.02 Å². The molecule has 0 aliphatic rings. The monoisotopic (exact) mass is 378 g/mol. The van der Waals surface area contributed by atoms with Crippen molar-refractivity contribution in [2.75, 3.05) is 12.4 Å². The maximum atomic E-state index is 11.8. The molecule has 0 spiro atoms. The molecule has 0 saturated carbocycles. The van der Waals surface area contributed by atoms with E-state index in [2.05, 4.69) is 15.3 Å². The summed E-state index contributed by atoms with van der Waals surface area (Å²) in [5.74, 6) is 0.935. The molecule has 0 unspecified atom stereocenters. The van der Waals surface area contributed by atoms with Gasteiger partial charge in [0.15, 0.2) is 0 Å². The van der Waals surface area contributed by atoms with Crippen molar-refractivity contribution in [2.24, 2.45) is 0 Å². The minimum absolute atomic E-state index is 0.0803. The number of rotatable bonds is 7. The van der Waals surface area contributed by atoms with Crippen molar-refractivity contribution in [3.63, 3.8) is 0 Å². The van der Waals surface area contributed by atoms with Gasteiger partial charge in [0.1, 0.15) is 17.8 Å². The van der Waals surface area contributed by atoms with Gasteiger partial charge in [0.05, 0.1) is 0 Å². The number of benzene rings is 1. The molecule has 2 aromatic heterocycles. The normalized spacial score (nSPS) is 10.8. The molecule has 130 valence electrons. The van der Waals surface area contributed by atoms with Crippen molar-refractivity contribution in [2.45, 2.75) is 12.8 Å². The summed E-state index contributed by atoms with van der Waals surface area (Å²) in [5, 5.41) is 3.38. The topological polar surface area (TPSA) is 73.0 Å². The Labute approximate surface area is 154 Å². The predicted molar refractivity (Wildman–Crippen MR) is 96.1 cm³/mol. The van der Waals surface area contributed by atoms with E-state index in [1.54, 1.807) is 35.4 Å². The fourth-order valence-corrected chi connectivity index (χ4v) is 2.55. The van der Waals surface area contributed by atoms with E-state index >= 15 is 0 Å². The van der Waals surface area contributed by atoms with Gasteiger partial charge in [-0.2, -0.15) is 4.98 Å². The quantitative estimate of drug-likeness (QED) is 0.638. The molecule has 0 saturated heterocycles. The summed E-state index contributed by atoms with van der Waals surface area (Å²) in [4.78, 5) is 20.4. The Morgan fingerprint density at radius 3 is 2.76 bits per heavy atom. The number of oxazole rings is 1. The second-order valence-corrected chi connectivity index (χ2v) is 6.10. The Bertz CT molecular complexity index is 829. The number of hydrogen-bond acceptors (Lipinski definition) is 4. The fraction of sp³-hybridized carbons (Fsp3) is 0.235. The van der Waals surface area contributed by atoms with Crippen molar-refractivity contribution in [3.8, 4) is 17.3 Å². The third-order valence-corrected chi connectivity index (χ3v) is 3.97. The Hall–Kier alpha value is -2.31. The van der Waals surface area contributed by atoms with Gasteiger partial charge in [0.25, 0.3) is 0 Å². The first-order chi connectivity index (χ1) is 12.2. The van der Waals surface area contributed by atoms with Gasteiger partial charge in [-0.3, -0.25) is 9.36 Å². The van der Waals surface area contributed by atoms with Crippen molar-refractivity contribution >= 4 is 29.1 Å². The van der Waals surface area contributed by atoms with Crippen LogP contribution in [0.1, 0.15) is 12.2 Å². The largest absolute Gasteiger partial charge is 0.427 e. The Balaban J connectivity index is 1.86. The number of nitrogens with zero attached hydrogens (tertiary/aromatic N) is 3. The van der Waals surface area contributed by atoms with Crippen LogP contribution in [0, 0.1) is 0 Å². The van der Waals surface area contributed by atoms with E-state index in [0.29, 0.717) is 41.3 Å². The lowest BCUT2D eigenvalue weighted by Gasteiger charge is -2.03. The number of aromatic nitrogens is 3. The highest BCUT2D eigenvalue weighted by molar-refractivity contribution is 6.30. The number of alkyl halides is 1. The smallest absolute Gasteiger partial charge is 0.307 e. The zero-order valence-electron chi connectivity index (χ0n) is 13.3. The molecule has 0 radical (unpaired) electrons. The molecule has 0 bridgehead atoms. The van der Waals surface area contributed by atoms with E-state index in [-0.39, 0.29) is 12.3 Å². The Kier molecular flexibility index (Phi) is 5.73. The third-order valence-electron chi connectivity index (χ3n) is 3.52. The van der Waals surface area contributed by atoms with Crippen LogP contribution in [0.3, 0.4) is 0 Å². The first-order valence-electron chi connectivity index (χ1n) is 7.74. The van der Waals surface area contributed by atoms with Gasteiger partial charge < -0.3 is 9.73 Å². The highest BCUT2D eigenvalue weighted by atomic mass is 35.5. The zero-order valence-corrected chi connectivity index (χ0v) is 14.8.